The molecule has 1 aliphatic rings. The number of aromatic nitrogens is 1. The molecule has 2 N–H and O–H groups in total. The smallest absolute Gasteiger partial charge is 0.308 e. The number of nitrogens with one attached hydrogen (secondary N) is 2. The summed E-state index contributed by atoms with van der Waals surface area (Å²) in [5, 5.41) is 3.04. The number of thiazole rings is 1. The average molecular weight is 474 g/mol. The summed E-state index contributed by atoms with van der Waals surface area (Å²) in [5.41, 5.74) is 1.23. The Hall–Kier alpha value is -2.65. The second-order valence-electron chi connectivity index (χ2n) is 8.42. The summed E-state index contributed by atoms with van der Waals surface area (Å²) in [6.07, 6.45) is 5.25. The van der Waals surface area contributed by atoms with Crippen LogP contribution in [0.25, 0.3) is 10.2 Å². The molecule has 1 amide bonds. The molecule has 0 radical (unpaired) electrons. The Labute approximate surface area is 191 Å². The Balaban J connectivity index is 1.61. The highest BCUT2D eigenvalue weighted by Crippen LogP contribution is 2.26. The van der Waals surface area contributed by atoms with Crippen molar-refractivity contribution < 1.29 is 13.2 Å². The number of benzene rings is 2. The minimum atomic E-state index is -3.95. The second kappa shape index (κ2) is 9.07. The third-order valence-electron chi connectivity index (χ3n) is 5.77. The number of fused-ring (bicyclic) bond motifs is 1. The van der Waals surface area contributed by atoms with Gasteiger partial charge in [-0.05, 0) is 57.0 Å². The number of carbonyl (C=O) groups is 1. The van der Waals surface area contributed by atoms with Gasteiger partial charge in [-0.2, -0.15) is 0 Å². The minimum Gasteiger partial charge on any atom is -0.349 e. The first kappa shape index (κ1) is 22.5. The molecule has 1 fully saturated rings. The van der Waals surface area contributed by atoms with Crippen LogP contribution < -0.4 is 14.9 Å². The van der Waals surface area contributed by atoms with E-state index in [1.165, 1.54) is 18.6 Å². The predicted octanol–water partition coefficient (Wildman–Crippen LogP) is 4.51. The molecule has 0 bridgehead atoms. The van der Waals surface area contributed by atoms with Gasteiger partial charge in [-0.1, -0.05) is 42.7 Å². The Morgan fingerprint density at radius 2 is 1.81 bits per heavy atom. The maximum Gasteiger partial charge on any atom is 0.308 e. The Kier molecular flexibility index (Phi) is 6.39. The molecule has 170 valence electrons. The van der Waals surface area contributed by atoms with Crippen molar-refractivity contribution in [2.24, 2.45) is 0 Å². The zero-order valence-corrected chi connectivity index (χ0v) is 19.8. The van der Waals surface area contributed by atoms with Crippen LogP contribution in [0.1, 0.15) is 62.4 Å². The third-order valence-corrected chi connectivity index (χ3v) is 8.05. The van der Waals surface area contributed by atoms with Gasteiger partial charge in [-0.3, -0.25) is 18.9 Å². The molecule has 7 nitrogen and oxygen atoms in total. The summed E-state index contributed by atoms with van der Waals surface area (Å²) < 4.78 is 31.0. The van der Waals surface area contributed by atoms with Gasteiger partial charge < -0.3 is 5.32 Å². The van der Waals surface area contributed by atoms with Gasteiger partial charge in [0.25, 0.3) is 15.9 Å². The minimum absolute atomic E-state index is 0.0219. The van der Waals surface area contributed by atoms with Crippen molar-refractivity contribution in [3.05, 3.63) is 57.7 Å². The molecule has 4 rings (SSSR count). The van der Waals surface area contributed by atoms with Crippen LogP contribution in [-0.2, 0) is 10.0 Å². The first-order chi connectivity index (χ1) is 15.3. The molecule has 0 spiro atoms. The van der Waals surface area contributed by atoms with Crippen molar-refractivity contribution in [3.63, 3.8) is 0 Å². The molecular weight excluding hydrogens is 446 g/mol. The van der Waals surface area contributed by atoms with Crippen LogP contribution in [0.4, 0.5) is 5.69 Å². The van der Waals surface area contributed by atoms with Crippen LogP contribution in [0.3, 0.4) is 0 Å². The largest absolute Gasteiger partial charge is 0.349 e. The highest BCUT2D eigenvalue weighted by Gasteiger charge is 2.22. The number of nitrogens with zero attached hydrogens (tertiary/aromatic N) is 1. The van der Waals surface area contributed by atoms with Crippen molar-refractivity contribution in [2.45, 2.75) is 62.9 Å². The lowest BCUT2D eigenvalue weighted by Crippen LogP contribution is -2.36. The normalized spacial score (nSPS) is 15.2. The highest BCUT2D eigenvalue weighted by atomic mass is 32.2. The van der Waals surface area contributed by atoms with E-state index >= 15 is 0 Å². The number of carbonyl (C=O) groups excluding carboxylic acids is 1. The van der Waals surface area contributed by atoms with E-state index in [0.717, 1.165) is 37.0 Å². The lowest BCUT2D eigenvalue weighted by Gasteiger charge is -2.23. The number of amides is 1. The van der Waals surface area contributed by atoms with Gasteiger partial charge in [0.05, 0.1) is 26.4 Å². The van der Waals surface area contributed by atoms with E-state index in [9.17, 15) is 18.0 Å². The molecule has 9 heteroatoms. The van der Waals surface area contributed by atoms with Gasteiger partial charge in [0.15, 0.2) is 0 Å². The van der Waals surface area contributed by atoms with Crippen LogP contribution in [-0.4, -0.2) is 24.9 Å². The summed E-state index contributed by atoms with van der Waals surface area (Å²) >= 11 is 1.02. The molecular formula is C23H27N3O4S2. The van der Waals surface area contributed by atoms with Gasteiger partial charge in [0.2, 0.25) is 0 Å². The van der Waals surface area contributed by atoms with E-state index in [-0.39, 0.29) is 33.4 Å². The fourth-order valence-corrected chi connectivity index (χ4v) is 6.39. The monoisotopic (exact) mass is 473 g/mol. The number of hydrogen-bond donors (Lipinski definition) is 2. The maximum atomic E-state index is 13.1. The summed E-state index contributed by atoms with van der Waals surface area (Å²) in [5.74, 6) is -0.280. The van der Waals surface area contributed by atoms with Gasteiger partial charge in [-0.25, -0.2) is 8.42 Å². The Morgan fingerprint density at radius 3 is 2.53 bits per heavy atom. The quantitative estimate of drug-likeness (QED) is 0.551. The molecule has 0 saturated heterocycles. The third kappa shape index (κ3) is 4.59. The molecule has 1 aliphatic carbocycles. The highest BCUT2D eigenvalue weighted by molar-refractivity contribution is 7.92. The SMILES string of the molecule is CC(C)n1c(=O)sc2cc(S(=O)(=O)Nc3ccccc3C(=O)NC3CCCCC3)ccc21. The van der Waals surface area contributed by atoms with Gasteiger partial charge in [-0.15, -0.1) is 0 Å². The number of para-hydroxylation sites is 1. The van der Waals surface area contributed by atoms with Gasteiger partial charge >= 0.3 is 4.87 Å². The molecule has 2 aromatic carbocycles. The predicted molar refractivity (Wildman–Crippen MR) is 128 cm³/mol. The van der Waals surface area contributed by atoms with E-state index in [4.69, 9.17) is 0 Å². The van der Waals surface area contributed by atoms with Crippen molar-refractivity contribution in [1.29, 1.82) is 0 Å². The van der Waals surface area contributed by atoms with E-state index in [0.29, 0.717) is 15.8 Å². The van der Waals surface area contributed by atoms with Crippen LogP contribution in [0.15, 0.2) is 52.2 Å². The summed E-state index contributed by atoms with van der Waals surface area (Å²) in [4.78, 5) is 25.1. The lowest BCUT2D eigenvalue weighted by molar-refractivity contribution is 0.0928. The van der Waals surface area contributed by atoms with Gasteiger partial charge in [0.1, 0.15) is 0 Å². The number of rotatable bonds is 6. The average Bonchev–Trinajstić information content (AvgIpc) is 3.09. The van der Waals surface area contributed by atoms with Crippen LogP contribution in [0, 0.1) is 0 Å². The van der Waals surface area contributed by atoms with E-state index in [1.807, 2.05) is 13.8 Å². The molecule has 3 aromatic rings. The van der Waals surface area contributed by atoms with E-state index in [1.54, 1.807) is 34.9 Å². The number of sulfonamides is 1. The van der Waals surface area contributed by atoms with Crippen molar-refractivity contribution in [2.75, 3.05) is 4.72 Å². The van der Waals surface area contributed by atoms with E-state index < -0.39 is 10.0 Å². The molecule has 1 saturated carbocycles. The first-order valence-electron chi connectivity index (χ1n) is 10.8. The molecule has 1 aromatic heterocycles. The van der Waals surface area contributed by atoms with Crippen molar-refractivity contribution >= 4 is 43.2 Å². The molecule has 0 unspecified atom stereocenters. The van der Waals surface area contributed by atoms with Gasteiger partial charge in [0, 0.05) is 12.1 Å². The van der Waals surface area contributed by atoms with Crippen LogP contribution >= 0.6 is 11.3 Å². The summed E-state index contributed by atoms with van der Waals surface area (Å²) in [6, 6.07) is 11.4. The molecule has 32 heavy (non-hydrogen) atoms. The number of anilines is 1. The Morgan fingerprint density at radius 1 is 1.09 bits per heavy atom. The molecule has 1 heterocycles. The van der Waals surface area contributed by atoms with Crippen molar-refractivity contribution in [3.8, 4) is 0 Å². The summed E-state index contributed by atoms with van der Waals surface area (Å²) in [6.45, 7) is 3.82. The standard InChI is InChI=1S/C23H27N3O4S2/c1-15(2)26-20-13-12-17(14-21(20)31-23(26)28)32(29,30)25-19-11-7-6-10-18(19)22(27)24-16-8-4-3-5-9-16/h6-7,10-16,25H,3-5,8-9H2,1-2H3,(H,24,27). The number of hydrogen-bond acceptors (Lipinski definition) is 5. The second-order valence-corrected chi connectivity index (χ2v) is 11.1. The molecule has 0 aliphatic heterocycles. The van der Waals surface area contributed by atoms with Crippen molar-refractivity contribution in [1.82, 2.24) is 9.88 Å². The first-order valence-corrected chi connectivity index (χ1v) is 13.1. The van der Waals surface area contributed by atoms with Crippen LogP contribution in [0.5, 0.6) is 0 Å². The zero-order valence-electron chi connectivity index (χ0n) is 18.1. The van der Waals surface area contributed by atoms with Crippen LogP contribution in [0.2, 0.25) is 0 Å². The molecule has 0 atom stereocenters. The van der Waals surface area contributed by atoms with E-state index in [2.05, 4.69) is 10.0 Å². The zero-order chi connectivity index (χ0) is 22.9. The fraction of sp³-hybridized carbons (Fsp3) is 0.391. The maximum absolute atomic E-state index is 13.1. The fourth-order valence-electron chi connectivity index (χ4n) is 4.16. The Bertz CT molecular complexity index is 1300. The topological polar surface area (TPSA) is 97.3 Å². The lowest BCUT2D eigenvalue weighted by atomic mass is 9.95. The summed E-state index contributed by atoms with van der Waals surface area (Å²) in [7, 11) is -3.95.